The molecule has 0 aliphatic rings. The fraction of sp³-hybridized carbons (Fsp3) is 0.333. The number of rotatable bonds is 7. The minimum atomic E-state index is -1.26. The van der Waals surface area contributed by atoms with Gasteiger partial charge < -0.3 is 15.5 Å². The van der Waals surface area contributed by atoms with E-state index in [4.69, 9.17) is 10.2 Å². The van der Waals surface area contributed by atoms with Gasteiger partial charge in [-0.15, -0.1) is 0 Å². The van der Waals surface area contributed by atoms with Gasteiger partial charge in [-0.05, 0) is 6.42 Å². The zero-order valence-electron chi connectivity index (χ0n) is 9.08. The number of nitrogens with zero attached hydrogens (tertiary/aromatic N) is 1. The van der Waals surface area contributed by atoms with Crippen LogP contribution < -0.4 is 5.32 Å². The van der Waals surface area contributed by atoms with Crippen molar-refractivity contribution in [3.05, 3.63) is 21.1 Å². The number of carbonyl (C=O) groups is 2. The van der Waals surface area contributed by atoms with Crippen LogP contribution in [0.2, 0.25) is 0 Å². The van der Waals surface area contributed by atoms with E-state index < -0.39 is 16.9 Å². The van der Waals surface area contributed by atoms with E-state index in [9.17, 15) is 19.7 Å². The van der Waals surface area contributed by atoms with E-state index in [2.05, 4.69) is 5.32 Å². The van der Waals surface area contributed by atoms with E-state index >= 15 is 0 Å². The van der Waals surface area contributed by atoms with Gasteiger partial charge in [-0.25, -0.2) is 4.79 Å². The van der Waals surface area contributed by atoms with E-state index in [1.165, 1.54) is 0 Å². The van der Waals surface area contributed by atoms with Crippen molar-refractivity contribution >= 4 is 34.0 Å². The van der Waals surface area contributed by atoms with Gasteiger partial charge in [-0.1, -0.05) is 11.3 Å². The van der Waals surface area contributed by atoms with E-state index in [-0.39, 0.29) is 28.5 Å². The molecule has 98 valence electrons. The van der Waals surface area contributed by atoms with Crippen molar-refractivity contribution in [2.75, 3.05) is 11.9 Å². The Morgan fingerprint density at radius 3 is 2.61 bits per heavy atom. The molecule has 18 heavy (non-hydrogen) atoms. The van der Waals surface area contributed by atoms with Gasteiger partial charge in [-0.3, -0.25) is 14.9 Å². The fourth-order valence-corrected chi connectivity index (χ4v) is 2.01. The summed E-state index contributed by atoms with van der Waals surface area (Å²) in [5.74, 6) is -2.21. The maximum atomic E-state index is 10.9. The number of carboxylic acids is 2. The number of nitro groups is 1. The molecule has 0 amide bonds. The molecule has 9 heteroatoms. The molecule has 1 heterocycles. The smallest absolute Gasteiger partial charge is 0.348 e. The Balaban J connectivity index is 2.71. The van der Waals surface area contributed by atoms with E-state index in [0.717, 1.165) is 6.07 Å². The van der Waals surface area contributed by atoms with Crippen LogP contribution in [0, 0.1) is 10.1 Å². The van der Waals surface area contributed by atoms with Crippen LogP contribution in [0.25, 0.3) is 0 Å². The molecule has 1 aromatic heterocycles. The highest BCUT2D eigenvalue weighted by atomic mass is 32.1. The molecule has 0 saturated heterocycles. The normalized spacial score (nSPS) is 10.0. The molecule has 0 aliphatic heterocycles. The van der Waals surface area contributed by atoms with E-state index in [0.29, 0.717) is 17.8 Å². The summed E-state index contributed by atoms with van der Waals surface area (Å²) in [5.41, 5.74) is 0.143. The summed E-state index contributed by atoms with van der Waals surface area (Å²) in [6.45, 7) is 0.237. The summed E-state index contributed by atoms with van der Waals surface area (Å²) < 4.78 is 0. The van der Waals surface area contributed by atoms with E-state index in [1.807, 2.05) is 0 Å². The number of anilines is 1. The van der Waals surface area contributed by atoms with Gasteiger partial charge in [0.25, 0.3) is 0 Å². The van der Waals surface area contributed by atoms with Gasteiger partial charge in [0, 0.05) is 13.0 Å². The SMILES string of the molecule is O=C(O)CCCNc1cc([N+](=O)[O-])sc1C(=O)O. The first kappa shape index (κ1) is 13.9. The number of nitrogens with one attached hydrogen (secondary N) is 1. The summed E-state index contributed by atoms with van der Waals surface area (Å²) in [7, 11) is 0. The highest BCUT2D eigenvalue weighted by Crippen LogP contribution is 2.32. The third-order valence-corrected chi connectivity index (χ3v) is 3.05. The topological polar surface area (TPSA) is 130 Å². The Kier molecular flexibility index (Phi) is 4.60. The Morgan fingerprint density at radius 2 is 2.11 bits per heavy atom. The second kappa shape index (κ2) is 5.96. The average Bonchev–Trinajstić information content (AvgIpc) is 2.68. The molecule has 8 nitrogen and oxygen atoms in total. The number of hydrogen-bond acceptors (Lipinski definition) is 6. The minimum Gasteiger partial charge on any atom is -0.481 e. The van der Waals surface area contributed by atoms with Crippen LogP contribution in [0.1, 0.15) is 22.5 Å². The first-order valence-electron chi connectivity index (χ1n) is 4.89. The van der Waals surface area contributed by atoms with Gasteiger partial charge in [0.2, 0.25) is 0 Å². The average molecular weight is 274 g/mol. The maximum absolute atomic E-state index is 10.9. The Morgan fingerprint density at radius 1 is 1.44 bits per heavy atom. The van der Waals surface area contributed by atoms with Gasteiger partial charge in [0.15, 0.2) is 0 Å². The van der Waals surface area contributed by atoms with E-state index in [1.54, 1.807) is 0 Å². The van der Waals surface area contributed by atoms with Crippen LogP contribution >= 0.6 is 11.3 Å². The molecule has 0 unspecified atom stereocenters. The fourth-order valence-electron chi connectivity index (χ4n) is 1.22. The summed E-state index contributed by atoms with van der Waals surface area (Å²) in [5, 5.41) is 30.2. The lowest BCUT2D eigenvalue weighted by Crippen LogP contribution is -2.06. The second-order valence-corrected chi connectivity index (χ2v) is 4.34. The predicted molar refractivity (Wildman–Crippen MR) is 63.3 cm³/mol. The van der Waals surface area contributed by atoms with Crippen LogP contribution in [0.3, 0.4) is 0 Å². The largest absolute Gasteiger partial charge is 0.481 e. The molecule has 0 bridgehead atoms. The Labute approximate surface area is 105 Å². The minimum absolute atomic E-state index is 0.0539. The molecule has 0 atom stereocenters. The third kappa shape index (κ3) is 3.70. The lowest BCUT2D eigenvalue weighted by Gasteiger charge is -2.03. The molecule has 0 saturated carbocycles. The van der Waals surface area contributed by atoms with Crippen LogP contribution in [0.4, 0.5) is 10.7 Å². The molecular weight excluding hydrogens is 264 g/mol. The predicted octanol–water partition coefficient (Wildman–Crippen LogP) is 1.63. The van der Waals surface area contributed by atoms with Gasteiger partial charge in [-0.2, -0.15) is 0 Å². The van der Waals surface area contributed by atoms with Crippen molar-refractivity contribution in [3.8, 4) is 0 Å². The lowest BCUT2D eigenvalue weighted by molar-refractivity contribution is -0.380. The number of carboxylic acid groups (broad SMARTS) is 2. The molecule has 0 aliphatic carbocycles. The zero-order valence-corrected chi connectivity index (χ0v) is 9.90. The molecule has 1 aromatic rings. The Hall–Kier alpha value is -2.16. The molecule has 0 spiro atoms. The summed E-state index contributed by atoms with van der Waals surface area (Å²) in [6, 6.07) is 1.13. The highest BCUT2D eigenvalue weighted by Gasteiger charge is 2.21. The van der Waals surface area contributed by atoms with Crippen molar-refractivity contribution in [1.82, 2.24) is 0 Å². The van der Waals surface area contributed by atoms with Crippen molar-refractivity contribution < 1.29 is 24.7 Å². The second-order valence-electron chi connectivity index (χ2n) is 3.31. The van der Waals surface area contributed by atoms with Crippen molar-refractivity contribution in [2.45, 2.75) is 12.8 Å². The first-order chi connectivity index (χ1) is 8.41. The van der Waals surface area contributed by atoms with Crippen LogP contribution in [0.15, 0.2) is 6.07 Å². The summed E-state index contributed by atoms with van der Waals surface area (Å²) in [4.78, 5) is 30.8. The number of thiophene rings is 1. The van der Waals surface area contributed by atoms with Crippen molar-refractivity contribution in [2.24, 2.45) is 0 Å². The molecule has 0 aromatic carbocycles. The van der Waals surface area contributed by atoms with Crippen molar-refractivity contribution in [1.29, 1.82) is 0 Å². The van der Waals surface area contributed by atoms with Crippen LogP contribution in [0.5, 0.6) is 0 Å². The maximum Gasteiger partial charge on any atom is 0.348 e. The molecule has 0 radical (unpaired) electrons. The standard InChI is InChI=1S/C9H10N2O6S/c12-7(13)2-1-3-10-5-4-6(11(16)17)18-8(5)9(14)15/h4,10H,1-3H2,(H,12,13)(H,14,15). The summed E-state index contributed by atoms with van der Waals surface area (Å²) >= 11 is 0.563. The molecule has 0 fully saturated rings. The molecule has 3 N–H and O–H groups in total. The van der Waals surface area contributed by atoms with Crippen molar-refractivity contribution in [3.63, 3.8) is 0 Å². The monoisotopic (exact) mass is 274 g/mol. The quantitative estimate of drug-likeness (QED) is 0.391. The molecular formula is C9H10N2O6S. The Bertz CT molecular complexity index is 483. The number of aliphatic carboxylic acids is 1. The van der Waals surface area contributed by atoms with Gasteiger partial charge in [0.05, 0.1) is 16.7 Å². The third-order valence-electron chi connectivity index (χ3n) is 1.98. The first-order valence-corrected chi connectivity index (χ1v) is 5.70. The number of aromatic carboxylic acids is 1. The van der Waals surface area contributed by atoms with Crippen LogP contribution in [-0.4, -0.2) is 33.6 Å². The lowest BCUT2D eigenvalue weighted by atomic mass is 10.3. The van der Waals surface area contributed by atoms with Crippen LogP contribution in [-0.2, 0) is 4.79 Å². The molecule has 1 rings (SSSR count). The highest BCUT2D eigenvalue weighted by molar-refractivity contribution is 7.17. The summed E-state index contributed by atoms with van der Waals surface area (Å²) in [6.07, 6.45) is 0.250. The zero-order chi connectivity index (χ0) is 13.7. The number of hydrogen-bond donors (Lipinski definition) is 3. The van der Waals surface area contributed by atoms with Gasteiger partial charge in [0.1, 0.15) is 4.88 Å². The van der Waals surface area contributed by atoms with Gasteiger partial charge >= 0.3 is 16.9 Å².